The normalized spacial score (nSPS) is 25.2. The molecule has 0 radical (unpaired) electrons. The van der Waals surface area contributed by atoms with Crippen LogP contribution in [-0.2, 0) is 9.53 Å². The molecule has 0 aromatic rings. The van der Waals surface area contributed by atoms with E-state index < -0.39 is 0 Å². The van der Waals surface area contributed by atoms with E-state index in [0.717, 1.165) is 13.0 Å². The maximum atomic E-state index is 11.0. The summed E-state index contributed by atoms with van der Waals surface area (Å²) in [5, 5.41) is 0. The Labute approximate surface area is 72.7 Å². The van der Waals surface area contributed by atoms with Crippen molar-refractivity contribution in [1.82, 2.24) is 4.90 Å². The summed E-state index contributed by atoms with van der Waals surface area (Å²) in [7, 11) is 0. The van der Waals surface area contributed by atoms with Crippen LogP contribution in [0.2, 0.25) is 0 Å². The Balaban J connectivity index is 2.39. The first-order chi connectivity index (χ1) is 5.74. The summed E-state index contributed by atoms with van der Waals surface area (Å²) in [6.45, 7) is 4.22. The highest BCUT2D eigenvalue weighted by molar-refractivity contribution is 5.73. The molecule has 4 nitrogen and oxygen atoms in total. The molecule has 1 saturated heterocycles. The van der Waals surface area contributed by atoms with Crippen molar-refractivity contribution < 1.29 is 9.53 Å². The number of carbonyl (C=O) groups is 1. The molecule has 0 spiro atoms. The third kappa shape index (κ3) is 2.46. The summed E-state index contributed by atoms with van der Waals surface area (Å²) in [5.74, 6) is 0.122. The first-order valence-electron chi connectivity index (χ1n) is 4.31. The van der Waals surface area contributed by atoms with Crippen LogP contribution in [0.15, 0.2) is 0 Å². The Hall–Kier alpha value is -0.610. The first kappa shape index (κ1) is 9.48. The number of rotatable bonds is 1. The fourth-order valence-corrected chi connectivity index (χ4v) is 1.33. The molecular formula is C8H16N2O2. The molecule has 1 unspecified atom stereocenters. The highest BCUT2D eigenvalue weighted by Gasteiger charge is 2.17. The Morgan fingerprint density at radius 3 is 3.00 bits per heavy atom. The Kier molecular flexibility index (Phi) is 3.49. The van der Waals surface area contributed by atoms with Crippen LogP contribution in [0.5, 0.6) is 0 Å². The van der Waals surface area contributed by atoms with Crippen molar-refractivity contribution in [3.63, 3.8) is 0 Å². The van der Waals surface area contributed by atoms with Crippen molar-refractivity contribution >= 4 is 5.91 Å². The second-order valence-electron chi connectivity index (χ2n) is 3.02. The zero-order valence-electron chi connectivity index (χ0n) is 7.45. The molecule has 0 aliphatic carbocycles. The van der Waals surface area contributed by atoms with E-state index in [-0.39, 0.29) is 12.0 Å². The van der Waals surface area contributed by atoms with Crippen molar-refractivity contribution in [3.05, 3.63) is 0 Å². The smallest absolute Gasteiger partial charge is 0.219 e. The van der Waals surface area contributed by atoms with Crippen LogP contribution in [0.4, 0.5) is 0 Å². The molecule has 1 fully saturated rings. The maximum absolute atomic E-state index is 11.0. The SMILES string of the molecule is CC(=O)N1CCOC(CN)CC1. The molecule has 1 amide bonds. The van der Waals surface area contributed by atoms with Crippen molar-refractivity contribution in [3.8, 4) is 0 Å². The molecule has 12 heavy (non-hydrogen) atoms. The zero-order chi connectivity index (χ0) is 8.97. The summed E-state index contributed by atoms with van der Waals surface area (Å²) in [6.07, 6.45) is 0.991. The molecule has 0 aromatic heterocycles. The number of ether oxygens (including phenoxy) is 1. The summed E-state index contributed by atoms with van der Waals surface area (Å²) in [6, 6.07) is 0. The van der Waals surface area contributed by atoms with Gasteiger partial charge in [-0.15, -0.1) is 0 Å². The van der Waals surface area contributed by atoms with E-state index in [1.807, 2.05) is 0 Å². The summed E-state index contributed by atoms with van der Waals surface area (Å²) in [4.78, 5) is 12.8. The standard InChI is InChI=1S/C8H16N2O2/c1-7(11)10-3-2-8(6-9)12-5-4-10/h8H,2-6,9H2,1H3. The van der Waals surface area contributed by atoms with E-state index in [9.17, 15) is 4.79 Å². The van der Waals surface area contributed by atoms with Crippen LogP contribution in [0, 0.1) is 0 Å². The van der Waals surface area contributed by atoms with Gasteiger partial charge in [0.25, 0.3) is 0 Å². The van der Waals surface area contributed by atoms with E-state index in [1.165, 1.54) is 0 Å². The van der Waals surface area contributed by atoms with E-state index >= 15 is 0 Å². The molecule has 1 aliphatic rings. The fraction of sp³-hybridized carbons (Fsp3) is 0.875. The van der Waals surface area contributed by atoms with Gasteiger partial charge in [-0.05, 0) is 6.42 Å². The number of hydrogen-bond donors (Lipinski definition) is 1. The third-order valence-corrected chi connectivity index (χ3v) is 2.14. The molecule has 2 N–H and O–H groups in total. The average molecular weight is 172 g/mol. The van der Waals surface area contributed by atoms with Gasteiger partial charge in [0, 0.05) is 26.6 Å². The number of amides is 1. The summed E-state index contributed by atoms with van der Waals surface area (Å²) in [5.41, 5.74) is 5.47. The van der Waals surface area contributed by atoms with Crippen LogP contribution < -0.4 is 5.73 Å². The molecular weight excluding hydrogens is 156 g/mol. The number of hydrogen-bond acceptors (Lipinski definition) is 3. The largest absolute Gasteiger partial charge is 0.375 e. The fourth-order valence-electron chi connectivity index (χ4n) is 1.33. The molecule has 70 valence electrons. The third-order valence-electron chi connectivity index (χ3n) is 2.14. The number of nitrogens with two attached hydrogens (primary N) is 1. The predicted octanol–water partition coefficient (Wildman–Crippen LogP) is -0.417. The minimum Gasteiger partial charge on any atom is -0.375 e. The molecule has 0 bridgehead atoms. The van der Waals surface area contributed by atoms with Crippen LogP contribution in [0.25, 0.3) is 0 Å². The zero-order valence-corrected chi connectivity index (χ0v) is 7.45. The maximum Gasteiger partial charge on any atom is 0.219 e. The van der Waals surface area contributed by atoms with Crippen molar-refractivity contribution in [1.29, 1.82) is 0 Å². The molecule has 1 atom stereocenters. The van der Waals surface area contributed by atoms with Crippen molar-refractivity contribution in [2.75, 3.05) is 26.2 Å². The van der Waals surface area contributed by atoms with Crippen LogP contribution >= 0.6 is 0 Å². The minimum absolute atomic E-state index is 0.122. The molecule has 0 aromatic carbocycles. The lowest BCUT2D eigenvalue weighted by atomic mass is 10.2. The molecule has 0 saturated carbocycles. The Morgan fingerprint density at radius 1 is 1.67 bits per heavy atom. The van der Waals surface area contributed by atoms with E-state index in [1.54, 1.807) is 11.8 Å². The van der Waals surface area contributed by atoms with Crippen molar-refractivity contribution in [2.45, 2.75) is 19.4 Å². The van der Waals surface area contributed by atoms with Gasteiger partial charge in [-0.2, -0.15) is 0 Å². The van der Waals surface area contributed by atoms with E-state index in [2.05, 4.69) is 0 Å². The Bertz CT molecular complexity index is 161. The minimum atomic E-state index is 0.122. The summed E-state index contributed by atoms with van der Waals surface area (Å²) < 4.78 is 5.41. The number of nitrogens with zero attached hydrogens (tertiary/aromatic N) is 1. The van der Waals surface area contributed by atoms with Gasteiger partial charge < -0.3 is 15.4 Å². The van der Waals surface area contributed by atoms with Gasteiger partial charge in [0.2, 0.25) is 5.91 Å². The van der Waals surface area contributed by atoms with Crippen molar-refractivity contribution in [2.24, 2.45) is 5.73 Å². The van der Waals surface area contributed by atoms with Gasteiger partial charge in [0.1, 0.15) is 0 Å². The molecule has 1 aliphatic heterocycles. The monoisotopic (exact) mass is 172 g/mol. The van der Waals surface area contributed by atoms with Crippen LogP contribution in [-0.4, -0.2) is 43.2 Å². The van der Waals surface area contributed by atoms with Gasteiger partial charge in [-0.1, -0.05) is 0 Å². The van der Waals surface area contributed by atoms with E-state index in [0.29, 0.717) is 19.7 Å². The second-order valence-corrected chi connectivity index (χ2v) is 3.02. The Morgan fingerprint density at radius 2 is 2.42 bits per heavy atom. The van der Waals surface area contributed by atoms with Gasteiger partial charge in [0.15, 0.2) is 0 Å². The lowest BCUT2D eigenvalue weighted by molar-refractivity contribution is -0.128. The predicted molar refractivity (Wildman–Crippen MR) is 45.7 cm³/mol. The van der Waals surface area contributed by atoms with Crippen LogP contribution in [0.1, 0.15) is 13.3 Å². The first-order valence-corrected chi connectivity index (χ1v) is 4.31. The molecule has 1 heterocycles. The summed E-state index contributed by atoms with van der Waals surface area (Å²) >= 11 is 0. The second kappa shape index (κ2) is 4.42. The lowest BCUT2D eigenvalue weighted by Gasteiger charge is -2.16. The van der Waals surface area contributed by atoms with Crippen LogP contribution in [0.3, 0.4) is 0 Å². The van der Waals surface area contributed by atoms with Gasteiger partial charge in [-0.25, -0.2) is 0 Å². The quantitative estimate of drug-likeness (QED) is 0.584. The van der Waals surface area contributed by atoms with Gasteiger partial charge in [0.05, 0.1) is 12.7 Å². The topological polar surface area (TPSA) is 55.6 Å². The molecule has 1 rings (SSSR count). The van der Waals surface area contributed by atoms with Gasteiger partial charge in [-0.3, -0.25) is 4.79 Å². The highest BCUT2D eigenvalue weighted by atomic mass is 16.5. The van der Waals surface area contributed by atoms with Gasteiger partial charge >= 0.3 is 0 Å². The average Bonchev–Trinajstić information content (AvgIpc) is 2.28. The highest BCUT2D eigenvalue weighted by Crippen LogP contribution is 2.05. The lowest BCUT2D eigenvalue weighted by Crippen LogP contribution is -2.31. The molecule has 4 heteroatoms. The number of carbonyl (C=O) groups excluding carboxylic acids is 1. The van der Waals surface area contributed by atoms with E-state index in [4.69, 9.17) is 10.5 Å².